The summed E-state index contributed by atoms with van der Waals surface area (Å²) in [5.41, 5.74) is -0.660. The number of rotatable bonds is 3. The van der Waals surface area contributed by atoms with Crippen LogP contribution in [0.4, 0.5) is 23.4 Å². The van der Waals surface area contributed by atoms with Crippen molar-refractivity contribution < 1.29 is 17.6 Å². The summed E-state index contributed by atoms with van der Waals surface area (Å²) >= 11 is 3.38. The number of halogens is 5. The second kappa shape index (κ2) is 6.83. The summed E-state index contributed by atoms with van der Waals surface area (Å²) in [7, 11) is 0. The number of nitrogens with one attached hydrogen (secondary N) is 1. The lowest BCUT2D eigenvalue weighted by Gasteiger charge is -2.19. The average molecular weight is 428 g/mol. The van der Waals surface area contributed by atoms with E-state index >= 15 is 0 Å². The Morgan fingerprint density at radius 1 is 1.08 bits per heavy atom. The minimum Gasteiger partial charge on any atom is -0.361 e. The maximum absolute atomic E-state index is 14.4. The Kier molecular flexibility index (Phi) is 4.88. The fourth-order valence-corrected chi connectivity index (χ4v) is 3.11. The van der Waals surface area contributed by atoms with Crippen molar-refractivity contribution in [2.24, 2.45) is 0 Å². The maximum Gasteiger partial charge on any atom is 0.419 e. The molecular weight excluding hydrogens is 414 g/mol. The number of anilines is 1. The lowest BCUT2D eigenvalue weighted by molar-refractivity contribution is -0.140. The molecule has 1 aromatic heterocycles. The van der Waals surface area contributed by atoms with Gasteiger partial charge in [-0.25, -0.2) is 4.39 Å². The van der Waals surface area contributed by atoms with Crippen LogP contribution in [0.5, 0.6) is 0 Å². The first-order valence-corrected chi connectivity index (χ1v) is 8.52. The van der Waals surface area contributed by atoms with Crippen LogP contribution in [0, 0.1) is 12.7 Å². The van der Waals surface area contributed by atoms with Gasteiger partial charge < -0.3 is 5.32 Å². The predicted octanol–water partition coefficient (Wildman–Crippen LogP) is 6.03. The molecule has 0 unspecified atom stereocenters. The van der Waals surface area contributed by atoms with E-state index in [0.29, 0.717) is 5.82 Å². The SMILES string of the molecule is Cc1nnc(N[C@H](C)c2cccc(C(F)(F)F)c2F)c2cc(Br)ccc12. The molecule has 0 saturated heterocycles. The Labute approximate surface area is 155 Å². The van der Waals surface area contributed by atoms with Crippen molar-refractivity contribution in [1.29, 1.82) is 0 Å². The van der Waals surface area contributed by atoms with E-state index in [1.165, 1.54) is 12.1 Å². The van der Waals surface area contributed by atoms with Crippen molar-refractivity contribution in [3.05, 3.63) is 63.5 Å². The van der Waals surface area contributed by atoms with Gasteiger partial charge >= 0.3 is 6.18 Å². The minimum atomic E-state index is -4.75. The van der Waals surface area contributed by atoms with Gasteiger partial charge in [-0.15, -0.1) is 5.10 Å². The summed E-state index contributed by atoms with van der Waals surface area (Å²) in [4.78, 5) is 0. The molecule has 136 valence electrons. The van der Waals surface area contributed by atoms with E-state index in [4.69, 9.17) is 0 Å². The predicted molar refractivity (Wildman–Crippen MR) is 95.4 cm³/mol. The topological polar surface area (TPSA) is 37.8 Å². The van der Waals surface area contributed by atoms with Crippen LogP contribution < -0.4 is 5.32 Å². The summed E-state index contributed by atoms with van der Waals surface area (Å²) in [6.45, 7) is 3.38. The van der Waals surface area contributed by atoms with E-state index in [0.717, 1.165) is 27.0 Å². The van der Waals surface area contributed by atoms with Crippen molar-refractivity contribution in [2.75, 3.05) is 5.32 Å². The van der Waals surface area contributed by atoms with Crippen LogP contribution in [0.15, 0.2) is 40.9 Å². The van der Waals surface area contributed by atoms with Crippen LogP contribution >= 0.6 is 15.9 Å². The number of benzene rings is 2. The van der Waals surface area contributed by atoms with Gasteiger partial charge in [0.05, 0.1) is 17.3 Å². The van der Waals surface area contributed by atoms with Crippen LogP contribution in [0.1, 0.15) is 29.8 Å². The molecule has 0 aliphatic carbocycles. The highest BCUT2D eigenvalue weighted by molar-refractivity contribution is 9.10. The highest BCUT2D eigenvalue weighted by Crippen LogP contribution is 2.35. The molecule has 0 aliphatic heterocycles. The zero-order valence-electron chi connectivity index (χ0n) is 13.8. The van der Waals surface area contributed by atoms with Gasteiger partial charge in [-0.2, -0.15) is 18.3 Å². The first-order valence-electron chi connectivity index (χ1n) is 7.73. The summed E-state index contributed by atoms with van der Waals surface area (Å²) in [6.07, 6.45) is -4.75. The quantitative estimate of drug-likeness (QED) is 0.518. The molecule has 0 radical (unpaired) electrons. The standard InChI is InChI=1S/C18H14BrF4N3/c1-9(13-4-3-5-15(16(13)20)18(21,22)23)24-17-14-8-11(19)6-7-12(14)10(2)25-26-17/h3-9H,1-2H3,(H,24,26)/t9-/m1/s1. The van der Waals surface area contributed by atoms with E-state index in [1.807, 2.05) is 25.1 Å². The van der Waals surface area contributed by atoms with Crippen LogP contribution in [0.3, 0.4) is 0 Å². The lowest BCUT2D eigenvalue weighted by Crippen LogP contribution is -2.15. The van der Waals surface area contributed by atoms with Gasteiger partial charge in [0.1, 0.15) is 5.82 Å². The average Bonchev–Trinajstić information content (AvgIpc) is 2.56. The number of alkyl halides is 3. The lowest BCUT2D eigenvalue weighted by atomic mass is 10.0. The molecule has 0 fully saturated rings. The van der Waals surface area contributed by atoms with Crippen molar-refractivity contribution in [1.82, 2.24) is 10.2 Å². The maximum atomic E-state index is 14.4. The number of nitrogens with zero attached hydrogens (tertiary/aromatic N) is 2. The Morgan fingerprint density at radius 3 is 2.50 bits per heavy atom. The van der Waals surface area contributed by atoms with Crippen LogP contribution in [-0.4, -0.2) is 10.2 Å². The van der Waals surface area contributed by atoms with Gasteiger partial charge in [0.2, 0.25) is 0 Å². The zero-order valence-corrected chi connectivity index (χ0v) is 15.4. The van der Waals surface area contributed by atoms with E-state index in [1.54, 1.807) is 6.92 Å². The second-order valence-corrected chi connectivity index (χ2v) is 6.81. The third-order valence-corrected chi connectivity index (χ3v) is 4.57. The third-order valence-electron chi connectivity index (χ3n) is 4.08. The summed E-state index contributed by atoms with van der Waals surface area (Å²) in [5.74, 6) is -0.915. The Morgan fingerprint density at radius 2 is 1.81 bits per heavy atom. The Bertz CT molecular complexity index is 973. The molecule has 2 aromatic carbocycles. The first kappa shape index (κ1) is 18.6. The third kappa shape index (κ3) is 3.51. The smallest absolute Gasteiger partial charge is 0.361 e. The number of fused-ring (bicyclic) bond motifs is 1. The van der Waals surface area contributed by atoms with E-state index in [9.17, 15) is 17.6 Å². The fourth-order valence-electron chi connectivity index (χ4n) is 2.75. The highest BCUT2D eigenvalue weighted by Gasteiger charge is 2.35. The van der Waals surface area contributed by atoms with Crippen molar-refractivity contribution in [2.45, 2.75) is 26.1 Å². The molecule has 3 aromatic rings. The minimum absolute atomic E-state index is 0.0923. The molecule has 0 saturated carbocycles. The van der Waals surface area contributed by atoms with Crippen LogP contribution in [-0.2, 0) is 6.18 Å². The van der Waals surface area contributed by atoms with Crippen molar-refractivity contribution >= 4 is 32.5 Å². The molecule has 3 rings (SSSR count). The molecule has 0 aliphatic rings. The summed E-state index contributed by atoms with van der Waals surface area (Å²) in [5, 5.41) is 12.7. The van der Waals surface area contributed by atoms with E-state index in [2.05, 4.69) is 31.4 Å². The molecule has 0 bridgehead atoms. The summed E-state index contributed by atoms with van der Waals surface area (Å²) < 4.78 is 54.0. The number of aromatic nitrogens is 2. The fraction of sp³-hybridized carbons (Fsp3) is 0.222. The number of hydrogen-bond donors (Lipinski definition) is 1. The molecule has 1 N–H and O–H groups in total. The van der Waals surface area contributed by atoms with E-state index < -0.39 is 23.6 Å². The van der Waals surface area contributed by atoms with Crippen molar-refractivity contribution in [3.8, 4) is 0 Å². The van der Waals surface area contributed by atoms with Gasteiger partial charge in [-0.05, 0) is 32.0 Å². The monoisotopic (exact) mass is 427 g/mol. The number of hydrogen-bond acceptors (Lipinski definition) is 3. The molecular formula is C18H14BrF4N3. The van der Waals surface area contributed by atoms with Gasteiger partial charge in [-0.1, -0.05) is 34.1 Å². The van der Waals surface area contributed by atoms with Gasteiger partial charge in [0.15, 0.2) is 5.82 Å². The Hall–Kier alpha value is -2.22. The molecule has 8 heteroatoms. The van der Waals surface area contributed by atoms with Crippen molar-refractivity contribution in [3.63, 3.8) is 0 Å². The van der Waals surface area contributed by atoms with Crippen LogP contribution in [0.2, 0.25) is 0 Å². The van der Waals surface area contributed by atoms with E-state index in [-0.39, 0.29) is 5.56 Å². The van der Waals surface area contributed by atoms with Gasteiger partial charge in [0, 0.05) is 20.8 Å². The molecule has 1 heterocycles. The highest BCUT2D eigenvalue weighted by atomic mass is 79.9. The molecule has 1 atom stereocenters. The molecule has 0 amide bonds. The largest absolute Gasteiger partial charge is 0.419 e. The van der Waals surface area contributed by atoms with Crippen LogP contribution in [0.25, 0.3) is 10.8 Å². The van der Waals surface area contributed by atoms with Gasteiger partial charge in [0.25, 0.3) is 0 Å². The Balaban J connectivity index is 2.02. The summed E-state index contributed by atoms with van der Waals surface area (Å²) in [6, 6.07) is 8.05. The molecule has 0 spiro atoms. The number of aryl methyl sites for hydroxylation is 1. The van der Waals surface area contributed by atoms with Gasteiger partial charge in [-0.3, -0.25) is 0 Å². The second-order valence-electron chi connectivity index (χ2n) is 5.90. The first-order chi connectivity index (χ1) is 12.2. The molecule has 3 nitrogen and oxygen atoms in total. The zero-order chi connectivity index (χ0) is 19.1. The molecule has 26 heavy (non-hydrogen) atoms. The normalized spacial score (nSPS) is 13.0.